The molecule has 0 radical (unpaired) electrons. The lowest BCUT2D eigenvalue weighted by molar-refractivity contribution is -0.112. The molecule has 1 amide bonds. The lowest BCUT2D eigenvalue weighted by atomic mass is 9.96. The van der Waals surface area contributed by atoms with Crippen molar-refractivity contribution in [3.63, 3.8) is 0 Å². The van der Waals surface area contributed by atoms with E-state index in [0.717, 1.165) is 36.9 Å². The number of hydrogen-bond donors (Lipinski definition) is 1. The van der Waals surface area contributed by atoms with Gasteiger partial charge in [0.05, 0.1) is 5.56 Å². The monoisotopic (exact) mass is 336 g/mol. The van der Waals surface area contributed by atoms with E-state index < -0.39 is 5.91 Å². The van der Waals surface area contributed by atoms with Crippen LogP contribution in [0.1, 0.15) is 34.5 Å². The third-order valence-corrected chi connectivity index (χ3v) is 5.36. The molecular formula is C18H16N4OS. The van der Waals surface area contributed by atoms with E-state index in [9.17, 15) is 15.3 Å². The molecule has 3 rings (SSSR count). The minimum absolute atomic E-state index is 0.0204. The Balaban J connectivity index is 1.88. The van der Waals surface area contributed by atoms with Crippen LogP contribution in [0.3, 0.4) is 0 Å². The Hall–Kier alpha value is -2.83. The lowest BCUT2D eigenvalue weighted by Crippen LogP contribution is -2.13. The molecule has 0 spiro atoms. The number of rotatable bonds is 3. The van der Waals surface area contributed by atoms with Crippen molar-refractivity contribution in [1.82, 2.24) is 4.57 Å². The van der Waals surface area contributed by atoms with E-state index in [1.807, 2.05) is 36.0 Å². The van der Waals surface area contributed by atoms with Gasteiger partial charge in [0, 0.05) is 23.8 Å². The molecule has 5 nitrogen and oxygen atoms in total. The number of carbonyl (C=O) groups is 1. The van der Waals surface area contributed by atoms with Gasteiger partial charge in [-0.05, 0) is 49.5 Å². The smallest absolute Gasteiger partial charge is 0.267 e. The van der Waals surface area contributed by atoms with Gasteiger partial charge in [-0.1, -0.05) is 0 Å². The van der Waals surface area contributed by atoms with Crippen LogP contribution in [0, 0.1) is 22.7 Å². The predicted octanol–water partition coefficient (Wildman–Crippen LogP) is 3.38. The van der Waals surface area contributed by atoms with Crippen LogP contribution in [-0.4, -0.2) is 10.5 Å². The van der Waals surface area contributed by atoms with Crippen LogP contribution in [-0.2, 0) is 24.7 Å². The van der Waals surface area contributed by atoms with Crippen molar-refractivity contribution in [2.24, 2.45) is 7.05 Å². The average Bonchev–Trinajstić information content (AvgIpc) is 3.14. The molecule has 1 aliphatic rings. The first-order valence-electron chi connectivity index (χ1n) is 7.73. The lowest BCUT2D eigenvalue weighted by Gasteiger charge is -2.09. The van der Waals surface area contributed by atoms with Gasteiger partial charge in [0.15, 0.2) is 0 Å². The van der Waals surface area contributed by atoms with Crippen LogP contribution in [0.2, 0.25) is 0 Å². The van der Waals surface area contributed by atoms with Crippen LogP contribution in [0.4, 0.5) is 5.00 Å². The zero-order chi connectivity index (χ0) is 17.1. The molecular weight excluding hydrogens is 320 g/mol. The highest BCUT2D eigenvalue weighted by Crippen LogP contribution is 2.37. The summed E-state index contributed by atoms with van der Waals surface area (Å²) in [5.41, 5.74) is 2.41. The summed E-state index contributed by atoms with van der Waals surface area (Å²) in [5.74, 6) is -0.478. The molecule has 24 heavy (non-hydrogen) atoms. The highest BCUT2D eigenvalue weighted by atomic mass is 32.1. The van der Waals surface area contributed by atoms with Crippen LogP contribution in [0.15, 0.2) is 23.9 Å². The molecule has 0 saturated carbocycles. The van der Waals surface area contributed by atoms with Crippen LogP contribution in [0.25, 0.3) is 6.08 Å². The van der Waals surface area contributed by atoms with Crippen molar-refractivity contribution in [3.8, 4) is 12.1 Å². The Bertz CT molecular complexity index is 905. The molecule has 0 unspecified atom stereocenters. The van der Waals surface area contributed by atoms with Gasteiger partial charge in [0.1, 0.15) is 22.7 Å². The Labute approximate surface area is 144 Å². The SMILES string of the molecule is Cn1cccc1/C=C(\C#N)C(=O)Nc1sc2c(c1C#N)CCCC2. The first kappa shape index (κ1) is 16.0. The summed E-state index contributed by atoms with van der Waals surface area (Å²) in [4.78, 5) is 13.6. The van der Waals surface area contributed by atoms with Gasteiger partial charge in [0.2, 0.25) is 0 Å². The molecule has 6 heteroatoms. The average molecular weight is 336 g/mol. The predicted molar refractivity (Wildman–Crippen MR) is 93.3 cm³/mol. The Morgan fingerprint density at radius 2 is 2.17 bits per heavy atom. The number of carbonyl (C=O) groups excluding carboxylic acids is 1. The third kappa shape index (κ3) is 2.97. The molecule has 1 N–H and O–H groups in total. The standard InChI is InChI=1S/C18H16N4OS/c1-22-8-4-5-13(22)9-12(10-19)17(23)21-18-15(11-20)14-6-2-3-7-16(14)24-18/h4-5,8-9H,2-3,6-7H2,1H3,(H,21,23)/b12-9+. The van der Waals surface area contributed by atoms with E-state index in [2.05, 4.69) is 11.4 Å². The van der Waals surface area contributed by atoms with Gasteiger partial charge in [-0.25, -0.2) is 0 Å². The number of aromatic nitrogens is 1. The summed E-state index contributed by atoms with van der Waals surface area (Å²) < 4.78 is 1.83. The minimum Gasteiger partial charge on any atom is -0.351 e. The first-order chi connectivity index (χ1) is 11.6. The number of anilines is 1. The molecule has 0 fully saturated rings. The molecule has 2 aromatic rings. The van der Waals surface area contributed by atoms with Gasteiger partial charge in [-0.2, -0.15) is 10.5 Å². The van der Waals surface area contributed by atoms with E-state index in [-0.39, 0.29) is 5.57 Å². The fourth-order valence-electron chi connectivity index (χ4n) is 2.86. The highest BCUT2D eigenvalue weighted by Gasteiger charge is 2.22. The molecule has 2 heterocycles. The fourth-order valence-corrected chi connectivity index (χ4v) is 4.10. The quantitative estimate of drug-likeness (QED) is 0.689. The van der Waals surface area contributed by atoms with Crippen LogP contribution >= 0.6 is 11.3 Å². The van der Waals surface area contributed by atoms with Gasteiger partial charge in [0.25, 0.3) is 5.91 Å². The second-order valence-electron chi connectivity index (χ2n) is 5.69. The molecule has 0 saturated heterocycles. The topological polar surface area (TPSA) is 81.6 Å². The van der Waals surface area contributed by atoms with Gasteiger partial charge in [-0.3, -0.25) is 4.79 Å². The molecule has 0 aromatic carbocycles. The van der Waals surface area contributed by atoms with E-state index in [4.69, 9.17) is 0 Å². The normalized spacial score (nSPS) is 13.7. The molecule has 120 valence electrons. The molecule has 0 bridgehead atoms. The Morgan fingerprint density at radius 3 is 2.83 bits per heavy atom. The number of nitriles is 2. The minimum atomic E-state index is -0.478. The number of fused-ring (bicyclic) bond motifs is 1. The van der Waals surface area contributed by atoms with E-state index >= 15 is 0 Å². The number of nitrogens with zero attached hydrogens (tertiary/aromatic N) is 3. The highest BCUT2D eigenvalue weighted by molar-refractivity contribution is 7.16. The van der Waals surface area contributed by atoms with Crippen molar-refractivity contribution in [2.75, 3.05) is 5.32 Å². The number of aryl methyl sites for hydroxylation is 2. The van der Waals surface area contributed by atoms with E-state index in [1.54, 1.807) is 6.08 Å². The maximum Gasteiger partial charge on any atom is 0.267 e. The second kappa shape index (κ2) is 6.74. The van der Waals surface area contributed by atoms with Crippen molar-refractivity contribution in [2.45, 2.75) is 25.7 Å². The zero-order valence-corrected chi connectivity index (χ0v) is 14.1. The zero-order valence-electron chi connectivity index (χ0n) is 13.3. The van der Waals surface area contributed by atoms with Crippen LogP contribution < -0.4 is 5.32 Å². The molecule has 0 aliphatic heterocycles. The fraction of sp³-hybridized carbons (Fsp3) is 0.278. The largest absolute Gasteiger partial charge is 0.351 e. The Kier molecular flexibility index (Phi) is 4.50. The summed E-state index contributed by atoms with van der Waals surface area (Å²) in [6.45, 7) is 0. The number of thiophene rings is 1. The van der Waals surface area contributed by atoms with E-state index in [1.165, 1.54) is 16.2 Å². The van der Waals surface area contributed by atoms with Crippen molar-refractivity contribution >= 4 is 28.3 Å². The third-order valence-electron chi connectivity index (χ3n) is 4.15. The summed E-state index contributed by atoms with van der Waals surface area (Å²) >= 11 is 1.46. The summed E-state index contributed by atoms with van der Waals surface area (Å²) in [6.07, 6.45) is 7.42. The summed E-state index contributed by atoms with van der Waals surface area (Å²) in [6, 6.07) is 7.83. The number of nitrogens with one attached hydrogen (secondary N) is 1. The molecule has 2 aromatic heterocycles. The van der Waals surface area contributed by atoms with Gasteiger partial charge in [-0.15, -0.1) is 11.3 Å². The molecule has 0 atom stereocenters. The van der Waals surface area contributed by atoms with Crippen molar-refractivity contribution in [1.29, 1.82) is 10.5 Å². The Morgan fingerprint density at radius 1 is 1.38 bits per heavy atom. The van der Waals surface area contributed by atoms with Gasteiger partial charge < -0.3 is 9.88 Å². The van der Waals surface area contributed by atoms with E-state index in [0.29, 0.717) is 10.6 Å². The van der Waals surface area contributed by atoms with Crippen molar-refractivity contribution in [3.05, 3.63) is 45.6 Å². The van der Waals surface area contributed by atoms with Crippen molar-refractivity contribution < 1.29 is 4.79 Å². The van der Waals surface area contributed by atoms with Crippen LogP contribution in [0.5, 0.6) is 0 Å². The summed E-state index contributed by atoms with van der Waals surface area (Å²) in [7, 11) is 1.85. The number of hydrogen-bond acceptors (Lipinski definition) is 4. The molecule has 1 aliphatic carbocycles. The summed E-state index contributed by atoms with van der Waals surface area (Å²) in [5, 5.41) is 22.1. The number of amides is 1. The maximum absolute atomic E-state index is 12.4. The first-order valence-corrected chi connectivity index (χ1v) is 8.54. The van der Waals surface area contributed by atoms with Gasteiger partial charge >= 0.3 is 0 Å². The second-order valence-corrected chi connectivity index (χ2v) is 6.80. The maximum atomic E-state index is 12.4.